The lowest BCUT2D eigenvalue weighted by atomic mass is 10.3. The maximum atomic E-state index is 4.25. The van der Waals surface area contributed by atoms with Crippen LogP contribution in [-0.4, -0.2) is 36.6 Å². The van der Waals surface area contributed by atoms with Crippen LogP contribution in [0.4, 0.5) is 11.4 Å². The summed E-state index contributed by atoms with van der Waals surface area (Å²) in [5, 5.41) is 3.13. The number of rotatable bonds is 2. The second kappa shape index (κ2) is 5.26. The van der Waals surface area contributed by atoms with Gasteiger partial charge in [-0.2, -0.15) is 11.8 Å². The van der Waals surface area contributed by atoms with Gasteiger partial charge >= 0.3 is 0 Å². The third-order valence-corrected chi connectivity index (χ3v) is 3.65. The minimum atomic E-state index is 1.09. The molecule has 1 aliphatic rings. The first-order chi connectivity index (χ1) is 7.40. The highest BCUT2D eigenvalue weighted by molar-refractivity contribution is 7.99. The van der Waals surface area contributed by atoms with E-state index >= 15 is 0 Å². The van der Waals surface area contributed by atoms with Gasteiger partial charge in [0.15, 0.2) is 0 Å². The number of pyridine rings is 1. The summed E-state index contributed by atoms with van der Waals surface area (Å²) in [4.78, 5) is 6.67. The molecule has 1 aliphatic heterocycles. The van der Waals surface area contributed by atoms with Gasteiger partial charge in [0.2, 0.25) is 0 Å². The van der Waals surface area contributed by atoms with Crippen molar-refractivity contribution in [1.29, 1.82) is 0 Å². The molecule has 0 unspecified atom stereocenters. The molecule has 1 aromatic heterocycles. The van der Waals surface area contributed by atoms with Crippen molar-refractivity contribution in [3.05, 3.63) is 18.5 Å². The molecule has 1 N–H and O–H groups in total. The number of aromatic nitrogens is 1. The highest BCUT2D eigenvalue weighted by Gasteiger charge is 2.10. The molecule has 1 saturated heterocycles. The Hall–Kier alpha value is -0.900. The van der Waals surface area contributed by atoms with Gasteiger partial charge in [-0.05, 0) is 18.2 Å². The fourth-order valence-corrected chi connectivity index (χ4v) is 2.63. The molecule has 0 spiro atoms. The third kappa shape index (κ3) is 2.78. The molecule has 2 rings (SSSR count). The summed E-state index contributed by atoms with van der Waals surface area (Å²) < 4.78 is 0. The van der Waals surface area contributed by atoms with Crippen molar-refractivity contribution in [3.63, 3.8) is 0 Å². The van der Waals surface area contributed by atoms with Gasteiger partial charge in [0, 0.05) is 25.9 Å². The van der Waals surface area contributed by atoms with E-state index in [-0.39, 0.29) is 0 Å². The Morgan fingerprint density at radius 1 is 1.33 bits per heavy atom. The van der Waals surface area contributed by atoms with Gasteiger partial charge in [-0.25, -0.2) is 0 Å². The molecule has 2 heterocycles. The summed E-state index contributed by atoms with van der Waals surface area (Å²) in [6.45, 7) is 2.29. The molecule has 1 fully saturated rings. The highest BCUT2D eigenvalue weighted by Crippen LogP contribution is 2.20. The van der Waals surface area contributed by atoms with Gasteiger partial charge in [-0.15, -0.1) is 0 Å². The van der Waals surface area contributed by atoms with E-state index in [0.29, 0.717) is 0 Å². The molecule has 0 atom stereocenters. The van der Waals surface area contributed by atoms with Crippen LogP contribution in [0.2, 0.25) is 0 Å². The quantitative estimate of drug-likeness (QED) is 0.831. The Kier molecular flexibility index (Phi) is 3.72. The van der Waals surface area contributed by atoms with Crippen molar-refractivity contribution in [2.24, 2.45) is 0 Å². The number of hydrogen-bond acceptors (Lipinski definition) is 4. The van der Waals surface area contributed by atoms with Crippen LogP contribution in [-0.2, 0) is 0 Å². The van der Waals surface area contributed by atoms with Crippen molar-refractivity contribution >= 4 is 23.1 Å². The number of nitrogens with zero attached hydrogens (tertiary/aromatic N) is 2. The van der Waals surface area contributed by atoms with E-state index in [1.165, 1.54) is 23.6 Å². The molecule has 0 bridgehead atoms. The van der Waals surface area contributed by atoms with E-state index in [2.05, 4.69) is 21.3 Å². The number of nitrogens with one attached hydrogen (secondary N) is 1. The summed E-state index contributed by atoms with van der Waals surface area (Å²) in [7, 11) is 1.93. The predicted octanol–water partition coefficient (Wildman–Crippen LogP) is 2.07. The number of thioether (sulfide) groups is 1. The molecule has 0 aromatic carbocycles. The van der Waals surface area contributed by atoms with Crippen molar-refractivity contribution in [2.75, 3.05) is 41.9 Å². The van der Waals surface area contributed by atoms with Gasteiger partial charge < -0.3 is 10.2 Å². The average Bonchev–Trinajstić information content (AvgIpc) is 2.58. The largest absolute Gasteiger partial charge is 0.387 e. The van der Waals surface area contributed by atoms with Crippen LogP contribution in [0, 0.1) is 0 Å². The molecule has 0 amide bonds. The lowest BCUT2D eigenvalue weighted by Crippen LogP contribution is -2.25. The number of hydrogen-bond donors (Lipinski definition) is 1. The van der Waals surface area contributed by atoms with Crippen molar-refractivity contribution < 1.29 is 0 Å². The van der Waals surface area contributed by atoms with Crippen LogP contribution in [0.3, 0.4) is 0 Å². The molecule has 0 radical (unpaired) electrons. The fraction of sp³-hybridized carbons (Fsp3) is 0.545. The molecule has 1 aromatic rings. The summed E-state index contributed by atoms with van der Waals surface area (Å²) in [5.74, 6) is 2.51. The first-order valence-corrected chi connectivity index (χ1v) is 6.51. The van der Waals surface area contributed by atoms with Crippen molar-refractivity contribution in [1.82, 2.24) is 4.98 Å². The predicted molar refractivity (Wildman–Crippen MR) is 67.9 cm³/mol. The topological polar surface area (TPSA) is 28.2 Å². The Bertz CT molecular complexity index is 308. The first kappa shape index (κ1) is 10.6. The van der Waals surface area contributed by atoms with Gasteiger partial charge in [0.25, 0.3) is 0 Å². The molecule has 0 aliphatic carbocycles. The van der Waals surface area contributed by atoms with E-state index < -0.39 is 0 Å². The van der Waals surface area contributed by atoms with Crippen LogP contribution in [0.15, 0.2) is 18.5 Å². The average molecular weight is 223 g/mol. The molecule has 82 valence electrons. The summed E-state index contributed by atoms with van der Waals surface area (Å²) in [6, 6.07) is 2.17. The molecule has 15 heavy (non-hydrogen) atoms. The zero-order valence-corrected chi connectivity index (χ0v) is 9.89. The summed E-state index contributed by atoms with van der Waals surface area (Å²) >= 11 is 2.05. The van der Waals surface area contributed by atoms with Crippen LogP contribution in [0.1, 0.15) is 6.42 Å². The van der Waals surface area contributed by atoms with Crippen molar-refractivity contribution in [3.8, 4) is 0 Å². The Balaban J connectivity index is 2.12. The fourth-order valence-electron chi connectivity index (χ4n) is 1.74. The standard InChI is InChI=1S/C11H17N3S/c1-12-10-7-11(9-13-8-10)14-3-2-5-15-6-4-14/h7-9,12H,2-6H2,1H3. The van der Waals surface area contributed by atoms with Gasteiger partial charge in [0.1, 0.15) is 0 Å². The molecular formula is C11H17N3S. The highest BCUT2D eigenvalue weighted by atomic mass is 32.2. The Labute approximate surface area is 95.3 Å². The van der Waals surface area contributed by atoms with E-state index in [1.54, 1.807) is 0 Å². The lowest BCUT2D eigenvalue weighted by molar-refractivity contribution is 0.814. The molecular weight excluding hydrogens is 206 g/mol. The zero-order valence-electron chi connectivity index (χ0n) is 9.07. The maximum Gasteiger partial charge on any atom is 0.0573 e. The Morgan fingerprint density at radius 3 is 3.13 bits per heavy atom. The smallest absolute Gasteiger partial charge is 0.0573 e. The zero-order chi connectivity index (χ0) is 10.5. The summed E-state index contributed by atoms with van der Waals surface area (Å²) in [5.41, 5.74) is 2.33. The summed E-state index contributed by atoms with van der Waals surface area (Å²) in [6.07, 6.45) is 5.08. The van der Waals surface area contributed by atoms with E-state index in [4.69, 9.17) is 0 Å². The van der Waals surface area contributed by atoms with E-state index in [1.807, 2.05) is 31.2 Å². The monoisotopic (exact) mass is 223 g/mol. The third-order valence-electron chi connectivity index (χ3n) is 2.60. The maximum absolute atomic E-state index is 4.25. The first-order valence-electron chi connectivity index (χ1n) is 5.35. The van der Waals surface area contributed by atoms with Gasteiger partial charge in [-0.3, -0.25) is 4.98 Å². The minimum Gasteiger partial charge on any atom is -0.387 e. The van der Waals surface area contributed by atoms with Crippen LogP contribution in [0.25, 0.3) is 0 Å². The molecule has 0 saturated carbocycles. The number of anilines is 2. The second-order valence-corrected chi connectivity index (χ2v) is 4.86. The SMILES string of the molecule is CNc1cncc(N2CCCSCC2)c1. The molecule has 3 nitrogen and oxygen atoms in total. The van der Waals surface area contributed by atoms with Crippen LogP contribution < -0.4 is 10.2 Å². The molecule has 4 heteroatoms. The normalized spacial score (nSPS) is 17.3. The Morgan fingerprint density at radius 2 is 2.27 bits per heavy atom. The van der Waals surface area contributed by atoms with E-state index in [0.717, 1.165) is 18.8 Å². The van der Waals surface area contributed by atoms with E-state index in [9.17, 15) is 0 Å². The minimum absolute atomic E-state index is 1.09. The lowest BCUT2D eigenvalue weighted by Gasteiger charge is -2.22. The van der Waals surface area contributed by atoms with Crippen LogP contribution in [0.5, 0.6) is 0 Å². The van der Waals surface area contributed by atoms with Gasteiger partial charge in [-0.1, -0.05) is 0 Å². The van der Waals surface area contributed by atoms with Gasteiger partial charge in [0.05, 0.1) is 23.8 Å². The van der Waals surface area contributed by atoms with Crippen molar-refractivity contribution in [2.45, 2.75) is 6.42 Å². The second-order valence-electron chi connectivity index (χ2n) is 3.63. The van der Waals surface area contributed by atoms with Crippen LogP contribution >= 0.6 is 11.8 Å².